The SMILES string of the molecule is CN1CCN(c2ccc(Nc3ncc4ccccc4n3)cc2)CC1=O. The molecule has 1 aliphatic heterocycles. The van der Waals surface area contributed by atoms with E-state index in [9.17, 15) is 4.79 Å². The molecule has 6 heteroatoms. The molecule has 3 aromatic rings. The first-order valence-electron chi connectivity index (χ1n) is 8.27. The maximum absolute atomic E-state index is 11.8. The van der Waals surface area contributed by atoms with Crippen LogP contribution in [0.25, 0.3) is 10.9 Å². The summed E-state index contributed by atoms with van der Waals surface area (Å²) in [7, 11) is 1.84. The fourth-order valence-corrected chi connectivity index (χ4v) is 2.90. The first kappa shape index (κ1) is 15.4. The lowest BCUT2D eigenvalue weighted by molar-refractivity contribution is -0.129. The summed E-state index contributed by atoms with van der Waals surface area (Å²) < 4.78 is 0. The molecule has 126 valence electrons. The van der Waals surface area contributed by atoms with E-state index >= 15 is 0 Å². The average molecular weight is 333 g/mol. The Morgan fingerprint density at radius 2 is 1.84 bits per heavy atom. The lowest BCUT2D eigenvalue weighted by atomic mass is 10.2. The molecule has 25 heavy (non-hydrogen) atoms. The standard InChI is InChI=1S/C19H19N5O/c1-23-10-11-24(13-18(23)25)16-8-6-15(7-9-16)21-19-20-12-14-4-2-3-5-17(14)22-19/h2-9,12H,10-11,13H2,1H3,(H,20,21,22). The van der Waals surface area contributed by atoms with Gasteiger partial charge in [-0.15, -0.1) is 0 Å². The lowest BCUT2D eigenvalue weighted by Crippen LogP contribution is -2.48. The summed E-state index contributed by atoms with van der Waals surface area (Å²) in [5.74, 6) is 0.722. The Kier molecular flexibility index (Phi) is 3.93. The number of nitrogens with zero attached hydrogens (tertiary/aromatic N) is 4. The topological polar surface area (TPSA) is 61.4 Å². The molecule has 1 fully saturated rings. The number of para-hydroxylation sites is 1. The summed E-state index contributed by atoms with van der Waals surface area (Å²) in [5, 5.41) is 4.24. The molecular formula is C19H19N5O. The van der Waals surface area contributed by atoms with Crippen molar-refractivity contribution in [3.05, 3.63) is 54.7 Å². The Morgan fingerprint density at radius 3 is 2.64 bits per heavy atom. The van der Waals surface area contributed by atoms with Crippen LogP contribution in [0.5, 0.6) is 0 Å². The molecule has 2 aromatic carbocycles. The molecule has 6 nitrogen and oxygen atoms in total. The number of hydrogen-bond donors (Lipinski definition) is 1. The predicted octanol–water partition coefficient (Wildman–Crippen LogP) is 2.65. The van der Waals surface area contributed by atoms with Crippen molar-refractivity contribution in [1.82, 2.24) is 14.9 Å². The van der Waals surface area contributed by atoms with Gasteiger partial charge in [-0.25, -0.2) is 9.97 Å². The highest BCUT2D eigenvalue weighted by atomic mass is 16.2. The Bertz CT molecular complexity index is 909. The molecule has 0 spiro atoms. The van der Waals surface area contributed by atoms with Crippen molar-refractivity contribution in [3.63, 3.8) is 0 Å². The molecule has 1 aliphatic rings. The number of fused-ring (bicyclic) bond motifs is 1. The summed E-state index contributed by atoms with van der Waals surface area (Å²) in [4.78, 5) is 24.6. The van der Waals surface area contributed by atoms with E-state index in [1.165, 1.54) is 0 Å². The Balaban J connectivity index is 1.49. The summed E-state index contributed by atoms with van der Waals surface area (Å²) in [6.07, 6.45) is 1.81. The van der Waals surface area contributed by atoms with E-state index in [1.807, 2.05) is 61.8 Å². The highest BCUT2D eigenvalue weighted by molar-refractivity contribution is 5.83. The van der Waals surface area contributed by atoms with Gasteiger partial charge in [0.25, 0.3) is 0 Å². The number of likely N-dealkylation sites (N-methyl/N-ethyl adjacent to an activating group) is 1. The van der Waals surface area contributed by atoms with E-state index in [-0.39, 0.29) is 5.91 Å². The van der Waals surface area contributed by atoms with E-state index in [2.05, 4.69) is 20.2 Å². The van der Waals surface area contributed by atoms with Crippen LogP contribution < -0.4 is 10.2 Å². The zero-order valence-corrected chi connectivity index (χ0v) is 14.0. The maximum atomic E-state index is 11.8. The molecule has 1 N–H and O–H groups in total. The van der Waals surface area contributed by atoms with E-state index in [0.717, 1.165) is 35.4 Å². The first-order chi connectivity index (χ1) is 12.2. The van der Waals surface area contributed by atoms with Gasteiger partial charge >= 0.3 is 0 Å². The third-order valence-electron chi connectivity index (χ3n) is 4.43. The van der Waals surface area contributed by atoms with E-state index in [4.69, 9.17) is 0 Å². The van der Waals surface area contributed by atoms with Crippen LogP contribution >= 0.6 is 0 Å². The molecule has 4 rings (SSSR count). The van der Waals surface area contributed by atoms with Crippen LogP contribution in [0.4, 0.5) is 17.3 Å². The van der Waals surface area contributed by atoms with Gasteiger partial charge in [0.05, 0.1) is 12.1 Å². The molecule has 0 aliphatic carbocycles. The molecule has 2 heterocycles. The number of carbonyl (C=O) groups is 1. The average Bonchev–Trinajstić information content (AvgIpc) is 2.65. The maximum Gasteiger partial charge on any atom is 0.241 e. The summed E-state index contributed by atoms with van der Waals surface area (Å²) >= 11 is 0. The van der Waals surface area contributed by atoms with Gasteiger partial charge in [-0.2, -0.15) is 0 Å². The van der Waals surface area contributed by atoms with Gasteiger partial charge in [-0.3, -0.25) is 4.79 Å². The summed E-state index contributed by atoms with van der Waals surface area (Å²) in [6.45, 7) is 2.03. The zero-order chi connectivity index (χ0) is 17.2. The second-order valence-electron chi connectivity index (χ2n) is 6.16. The second kappa shape index (κ2) is 6.39. The van der Waals surface area contributed by atoms with Gasteiger partial charge < -0.3 is 15.1 Å². The number of aromatic nitrogens is 2. The van der Waals surface area contributed by atoms with Crippen LogP contribution in [0, 0.1) is 0 Å². The van der Waals surface area contributed by atoms with Crippen molar-refractivity contribution in [2.45, 2.75) is 0 Å². The van der Waals surface area contributed by atoms with E-state index in [1.54, 1.807) is 4.90 Å². The highest BCUT2D eigenvalue weighted by Gasteiger charge is 2.20. The molecule has 0 unspecified atom stereocenters. The number of hydrogen-bond acceptors (Lipinski definition) is 5. The molecular weight excluding hydrogens is 314 g/mol. The third kappa shape index (κ3) is 3.24. The smallest absolute Gasteiger partial charge is 0.241 e. The van der Waals surface area contributed by atoms with Crippen LogP contribution in [-0.4, -0.2) is 47.5 Å². The minimum atomic E-state index is 0.151. The van der Waals surface area contributed by atoms with Crippen molar-refractivity contribution >= 4 is 34.1 Å². The molecule has 0 saturated carbocycles. The Hall–Kier alpha value is -3.15. The zero-order valence-electron chi connectivity index (χ0n) is 14.0. The van der Waals surface area contributed by atoms with Gasteiger partial charge in [-0.1, -0.05) is 18.2 Å². The number of carbonyl (C=O) groups excluding carboxylic acids is 1. The van der Waals surface area contributed by atoms with Gasteiger partial charge in [-0.05, 0) is 30.3 Å². The Labute approximate surface area is 146 Å². The van der Waals surface area contributed by atoms with Crippen LogP contribution in [0.15, 0.2) is 54.7 Å². The largest absolute Gasteiger partial charge is 0.360 e. The van der Waals surface area contributed by atoms with Gasteiger partial charge in [0.15, 0.2) is 0 Å². The Morgan fingerprint density at radius 1 is 1.04 bits per heavy atom. The predicted molar refractivity (Wildman–Crippen MR) is 99.1 cm³/mol. The van der Waals surface area contributed by atoms with Crippen molar-refractivity contribution in [3.8, 4) is 0 Å². The quantitative estimate of drug-likeness (QED) is 0.798. The molecule has 0 atom stereocenters. The first-order valence-corrected chi connectivity index (χ1v) is 8.27. The third-order valence-corrected chi connectivity index (χ3v) is 4.43. The van der Waals surface area contributed by atoms with Crippen molar-refractivity contribution < 1.29 is 4.79 Å². The van der Waals surface area contributed by atoms with Gasteiger partial charge in [0, 0.05) is 43.1 Å². The number of piperazine rings is 1. The number of nitrogens with one attached hydrogen (secondary N) is 1. The fourth-order valence-electron chi connectivity index (χ4n) is 2.90. The van der Waals surface area contributed by atoms with Crippen molar-refractivity contribution in [2.75, 3.05) is 36.9 Å². The van der Waals surface area contributed by atoms with Crippen molar-refractivity contribution in [2.24, 2.45) is 0 Å². The van der Waals surface area contributed by atoms with Gasteiger partial charge in [0.1, 0.15) is 0 Å². The number of amides is 1. The molecule has 1 saturated heterocycles. The molecule has 0 radical (unpaired) electrons. The molecule has 0 bridgehead atoms. The minimum Gasteiger partial charge on any atom is -0.360 e. The fraction of sp³-hybridized carbons (Fsp3) is 0.211. The van der Waals surface area contributed by atoms with Crippen LogP contribution in [-0.2, 0) is 4.79 Å². The number of benzene rings is 2. The summed E-state index contributed by atoms with van der Waals surface area (Å²) in [5.41, 5.74) is 2.87. The van der Waals surface area contributed by atoms with Crippen molar-refractivity contribution in [1.29, 1.82) is 0 Å². The monoisotopic (exact) mass is 333 g/mol. The van der Waals surface area contributed by atoms with Crippen LogP contribution in [0.1, 0.15) is 0 Å². The van der Waals surface area contributed by atoms with Crippen LogP contribution in [0.3, 0.4) is 0 Å². The normalized spacial score (nSPS) is 14.8. The molecule has 1 amide bonds. The van der Waals surface area contributed by atoms with Gasteiger partial charge in [0.2, 0.25) is 11.9 Å². The van der Waals surface area contributed by atoms with E-state index in [0.29, 0.717) is 12.5 Å². The minimum absolute atomic E-state index is 0.151. The second-order valence-corrected chi connectivity index (χ2v) is 6.16. The summed E-state index contributed by atoms with van der Waals surface area (Å²) in [6, 6.07) is 15.9. The number of rotatable bonds is 3. The van der Waals surface area contributed by atoms with E-state index < -0.39 is 0 Å². The highest BCUT2D eigenvalue weighted by Crippen LogP contribution is 2.22. The lowest BCUT2D eigenvalue weighted by Gasteiger charge is -2.33. The van der Waals surface area contributed by atoms with Crippen LogP contribution in [0.2, 0.25) is 0 Å². The molecule has 1 aromatic heterocycles. The number of anilines is 3.